The van der Waals surface area contributed by atoms with Crippen molar-refractivity contribution in [2.45, 2.75) is 0 Å². The van der Waals surface area contributed by atoms with E-state index < -0.39 is 0 Å². The Morgan fingerprint density at radius 2 is 2.00 bits per heavy atom. The molecule has 0 saturated heterocycles. The van der Waals surface area contributed by atoms with Crippen molar-refractivity contribution in [1.29, 1.82) is 0 Å². The molecule has 0 N–H and O–H groups in total. The Balaban J connectivity index is 3.31. The Labute approximate surface area is 69.8 Å². The number of benzene rings is 1. The largest absolute Gasteiger partial charge is 0.115 e. The van der Waals surface area contributed by atoms with Crippen LogP contribution in [0.15, 0.2) is 18.2 Å². The van der Waals surface area contributed by atoms with Gasteiger partial charge in [-0.3, -0.25) is 0 Å². The van der Waals surface area contributed by atoms with Crippen LogP contribution in [0.25, 0.3) is 0 Å². The molecule has 0 saturated carbocycles. The Bertz CT molecular complexity index is 284. The monoisotopic (exact) mass is 170 g/mol. The SMILES string of the molecule is C#Cc1cccc(Cl)c1Cl. The summed E-state index contributed by atoms with van der Waals surface area (Å²) in [6.45, 7) is 0. The normalized spacial score (nSPS) is 8.90. The Morgan fingerprint density at radius 1 is 1.30 bits per heavy atom. The predicted octanol–water partition coefficient (Wildman–Crippen LogP) is 2.97. The van der Waals surface area contributed by atoms with Gasteiger partial charge in [-0.15, -0.1) is 6.42 Å². The summed E-state index contributed by atoms with van der Waals surface area (Å²) in [6.07, 6.45) is 5.13. The molecule has 1 aromatic rings. The molecule has 1 aromatic carbocycles. The number of hydrogen-bond acceptors (Lipinski definition) is 0. The summed E-state index contributed by atoms with van der Waals surface area (Å²) in [5.41, 5.74) is 0.633. The molecule has 50 valence electrons. The van der Waals surface area contributed by atoms with Crippen molar-refractivity contribution in [3.8, 4) is 12.3 Å². The molecule has 0 aliphatic heterocycles. The van der Waals surface area contributed by atoms with Gasteiger partial charge in [0.15, 0.2) is 0 Å². The van der Waals surface area contributed by atoms with Gasteiger partial charge in [-0.1, -0.05) is 35.2 Å². The number of rotatable bonds is 0. The highest BCUT2D eigenvalue weighted by Crippen LogP contribution is 2.24. The van der Waals surface area contributed by atoms with Crippen LogP contribution in [0.4, 0.5) is 0 Å². The van der Waals surface area contributed by atoms with Gasteiger partial charge in [-0.25, -0.2) is 0 Å². The molecular formula is C8H4Cl2. The molecule has 0 bridgehead atoms. The van der Waals surface area contributed by atoms with Crippen LogP contribution in [0, 0.1) is 12.3 Å². The smallest absolute Gasteiger partial charge is 0.0748 e. The van der Waals surface area contributed by atoms with Crippen LogP contribution < -0.4 is 0 Å². The molecule has 0 atom stereocenters. The lowest BCUT2D eigenvalue weighted by Gasteiger charge is -1.95. The number of terminal acetylenes is 1. The van der Waals surface area contributed by atoms with Crippen molar-refractivity contribution in [2.75, 3.05) is 0 Å². The summed E-state index contributed by atoms with van der Waals surface area (Å²) in [7, 11) is 0. The maximum Gasteiger partial charge on any atom is 0.0748 e. The first kappa shape index (κ1) is 7.47. The van der Waals surface area contributed by atoms with Crippen molar-refractivity contribution in [3.63, 3.8) is 0 Å². The molecule has 0 spiro atoms. The van der Waals surface area contributed by atoms with E-state index in [1.165, 1.54) is 0 Å². The molecule has 0 aliphatic rings. The Morgan fingerprint density at radius 3 is 2.50 bits per heavy atom. The van der Waals surface area contributed by atoms with Gasteiger partial charge in [0.05, 0.1) is 10.0 Å². The van der Waals surface area contributed by atoms with Gasteiger partial charge < -0.3 is 0 Å². The van der Waals surface area contributed by atoms with Gasteiger partial charge >= 0.3 is 0 Å². The van der Waals surface area contributed by atoms with E-state index >= 15 is 0 Å². The third-order valence-corrected chi connectivity index (χ3v) is 1.93. The fraction of sp³-hybridized carbons (Fsp3) is 0. The van der Waals surface area contributed by atoms with Crippen LogP contribution in [-0.4, -0.2) is 0 Å². The summed E-state index contributed by atoms with van der Waals surface area (Å²) < 4.78 is 0. The van der Waals surface area contributed by atoms with E-state index in [0.717, 1.165) is 0 Å². The lowest BCUT2D eigenvalue weighted by atomic mass is 10.2. The van der Waals surface area contributed by atoms with E-state index in [4.69, 9.17) is 29.6 Å². The molecule has 0 amide bonds. The fourth-order valence-electron chi connectivity index (χ4n) is 0.615. The molecule has 0 unspecified atom stereocenters. The van der Waals surface area contributed by atoms with Gasteiger partial charge in [0.1, 0.15) is 0 Å². The van der Waals surface area contributed by atoms with Crippen LogP contribution in [0.2, 0.25) is 10.0 Å². The second-order valence-corrected chi connectivity index (χ2v) is 2.53. The van der Waals surface area contributed by atoms with E-state index in [9.17, 15) is 0 Å². The predicted molar refractivity (Wildman–Crippen MR) is 44.4 cm³/mol. The maximum atomic E-state index is 5.72. The van der Waals surface area contributed by atoms with Crippen LogP contribution in [-0.2, 0) is 0 Å². The van der Waals surface area contributed by atoms with Crippen molar-refractivity contribution in [2.24, 2.45) is 0 Å². The van der Waals surface area contributed by atoms with E-state index in [2.05, 4.69) is 5.92 Å². The minimum atomic E-state index is 0.451. The number of halogens is 2. The summed E-state index contributed by atoms with van der Waals surface area (Å²) >= 11 is 11.4. The van der Waals surface area contributed by atoms with E-state index in [1.807, 2.05) is 0 Å². The molecule has 0 aromatic heterocycles. The Hall–Kier alpha value is -0.640. The molecule has 0 nitrogen and oxygen atoms in total. The van der Waals surface area contributed by atoms with E-state index in [-0.39, 0.29) is 0 Å². The molecule has 0 fully saturated rings. The average molecular weight is 171 g/mol. The second kappa shape index (κ2) is 2.96. The second-order valence-electron chi connectivity index (χ2n) is 1.75. The molecule has 0 heterocycles. The van der Waals surface area contributed by atoms with E-state index in [1.54, 1.807) is 18.2 Å². The first-order valence-corrected chi connectivity index (χ1v) is 3.42. The van der Waals surface area contributed by atoms with Crippen LogP contribution in [0.1, 0.15) is 5.56 Å². The van der Waals surface area contributed by atoms with Crippen molar-refractivity contribution in [1.82, 2.24) is 0 Å². The lowest BCUT2D eigenvalue weighted by molar-refractivity contribution is 1.65. The molecular weight excluding hydrogens is 167 g/mol. The highest BCUT2D eigenvalue weighted by Gasteiger charge is 1.99. The van der Waals surface area contributed by atoms with Gasteiger partial charge in [0.2, 0.25) is 0 Å². The highest BCUT2D eigenvalue weighted by atomic mass is 35.5. The highest BCUT2D eigenvalue weighted by molar-refractivity contribution is 6.42. The van der Waals surface area contributed by atoms with Gasteiger partial charge in [0, 0.05) is 5.56 Å². The molecule has 0 radical (unpaired) electrons. The molecule has 0 aliphatic carbocycles. The van der Waals surface area contributed by atoms with Crippen molar-refractivity contribution in [3.05, 3.63) is 33.8 Å². The summed E-state index contributed by atoms with van der Waals surface area (Å²) in [6, 6.07) is 5.21. The zero-order valence-corrected chi connectivity index (χ0v) is 6.58. The first-order valence-electron chi connectivity index (χ1n) is 2.66. The minimum Gasteiger partial charge on any atom is -0.115 e. The van der Waals surface area contributed by atoms with Crippen molar-refractivity contribution >= 4 is 23.2 Å². The summed E-state index contributed by atoms with van der Waals surface area (Å²) in [5.74, 6) is 2.42. The average Bonchev–Trinajstić information content (AvgIpc) is 1.95. The third-order valence-electron chi connectivity index (χ3n) is 1.11. The Kier molecular flexibility index (Phi) is 2.21. The minimum absolute atomic E-state index is 0.451. The molecule has 2 heteroatoms. The lowest BCUT2D eigenvalue weighted by Crippen LogP contribution is -1.75. The van der Waals surface area contributed by atoms with Crippen molar-refractivity contribution < 1.29 is 0 Å². The van der Waals surface area contributed by atoms with Gasteiger partial charge in [-0.05, 0) is 12.1 Å². The quantitative estimate of drug-likeness (QED) is 0.526. The fourth-order valence-corrected chi connectivity index (χ4v) is 0.970. The number of hydrogen-bond donors (Lipinski definition) is 0. The van der Waals surface area contributed by atoms with Crippen LogP contribution in [0.5, 0.6) is 0 Å². The van der Waals surface area contributed by atoms with Crippen LogP contribution >= 0.6 is 23.2 Å². The summed E-state index contributed by atoms with van der Waals surface area (Å²) in [4.78, 5) is 0. The topological polar surface area (TPSA) is 0 Å². The summed E-state index contributed by atoms with van der Waals surface area (Å²) in [5, 5.41) is 0.948. The standard InChI is InChI=1S/C8H4Cl2/c1-2-6-4-3-5-7(9)8(6)10/h1,3-5H. The molecule has 1 rings (SSSR count). The zero-order chi connectivity index (χ0) is 7.56. The van der Waals surface area contributed by atoms with Crippen LogP contribution in [0.3, 0.4) is 0 Å². The van der Waals surface area contributed by atoms with Gasteiger partial charge in [-0.2, -0.15) is 0 Å². The van der Waals surface area contributed by atoms with Gasteiger partial charge in [0.25, 0.3) is 0 Å². The third kappa shape index (κ3) is 1.26. The zero-order valence-electron chi connectivity index (χ0n) is 5.07. The molecule has 10 heavy (non-hydrogen) atoms. The van der Waals surface area contributed by atoms with E-state index in [0.29, 0.717) is 15.6 Å². The first-order chi connectivity index (χ1) is 4.75. The maximum absolute atomic E-state index is 5.72.